The van der Waals surface area contributed by atoms with Crippen LogP contribution >= 0.6 is 23.2 Å². The van der Waals surface area contributed by atoms with Gasteiger partial charge in [-0.25, -0.2) is 14.1 Å². The maximum absolute atomic E-state index is 13.8. The van der Waals surface area contributed by atoms with Crippen LogP contribution in [-0.2, 0) is 17.3 Å². The van der Waals surface area contributed by atoms with Gasteiger partial charge in [0.1, 0.15) is 23.0 Å². The number of ether oxygens (including phenoxy) is 1. The smallest absolute Gasteiger partial charge is 0.137 e. The van der Waals surface area contributed by atoms with Crippen molar-refractivity contribution in [3.8, 4) is 0 Å². The largest absolute Gasteiger partial charge is 0.382 e. The Labute approximate surface area is 188 Å². The Hall–Kier alpha value is -2.61. The number of hydrogen-bond donors (Lipinski definition) is 1. The van der Waals surface area contributed by atoms with E-state index >= 15 is 0 Å². The summed E-state index contributed by atoms with van der Waals surface area (Å²) in [4.78, 5) is 4.81. The van der Waals surface area contributed by atoms with E-state index in [1.807, 2.05) is 34.5 Å². The molecule has 0 fully saturated rings. The third-order valence-electron chi connectivity index (χ3n) is 5.86. The predicted molar refractivity (Wildman–Crippen MR) is 119 cm³/mol. The number of benzene rings is 2. The Bertz CT molecular complexity index is 1290. The van der Waals surface area contributed by atoms with Gasteiger partial charge < -0.3 is 14.6 Å². The molecule has 31 heavy (non-hydrogen) atoms. The Kier molecular flexibility index (Phi) is 4.92. The van der Waals surface area contributed by atoms with Crippen LogP contribution in [0.5, 0.6) is 0 Å². The van der Waals surface area contributed by atoms with Gasteiger partial charge in [-0.15, -0.1) is 0 Å². The van der Waals surface area contributed by atoms with Crippen LogP contribution in [0.2, 0.25) is 10.0 Å². The molecule has 0 radical (unpaired) electrons. The van der Waals surface area contributed by atoms with Crippen LogP contribution in [0.25, 0.3) is 11.0 Å². The van der Waals surface area contributed by atoms with Crippen LogP contribution < -0.4 is 5.32 Å². The summed E-state index contributed by atoms with van der Waals surface area (Å²) in [7, 11) is 3.59. The van der Waals surface area contributed by atoms with Crippen LogP contribution in [-0.4, -0.2) is 33.0 Å². The van der Waals surface area contributed by atoms with Crippen molar-refractivity contribution < 1.29 is 9.13 Å². The number of imidazole rings is 1. The molecule has 6 nitrogen and oxygen atoms in total. The number of anilines is 1. The molecular weight excluding hydrogens is 440 g/mol. The minimum atomic E-state index is -0.675. The SMILES string of the molecule is COCC1(c2nc3cc(F)ccc3n2C)CC(c2ccc(Cl)c(Cl)c2)n2nccc2N1. The lowest BCUT2D eigenvalue weighted by Crippen LogP contribution is -2.48. The monoisotopic (exact) mass is 459 g/mol. The molecule has 2 aromatic carbocycles. The molecule has 0 saturated heterocycles. The van der Waals surface area contributed by atoms with Crippen LogP contribution in [0, 0.1) is 5.82 Å². The van der Waals surface area contributed by atoms with E-state index in [0.717, 1.165) is 22.7 Å². The highest BCUT2D eigenvalue weighted by Crippen LogP contribution is 2.43. The molecule has 0 spiro atoms. The summed E-state index contributed by atoms with van der Waals surface area (Å²) >= 11 is 12.5. The molecule has 3 heterocycles. The average Bonchev–Trinajstić information content (AvgIpc) is 3.34. The second kappa shape index (κ2) is 7.51. The normalized spacial score (nSPS) is 20.6. The molecule has 0 bridgehead atoms. The summed E-state index contributed by atoms with van der Waals surface area (Å²) in [6.45, 7) is 0.357. The maximum atomic E-state index is 13.8. The lowest BCUT2D eigenvalue weighted by molar-refractivity contribution is 0.117. The van der Waals surface area contributed by atoms with E-state index in [1.54, 1.807) is 25.4 Å². The molecule has 0 saturated carbocycles. The van der Waals surface area contributed by atoms with Gasteiger partial charge in [-0.1, -0.05) is 29.3 Å². The fraction of sp³-hybridized carbons (Fsp3) is 0.273. The third kappa shape index (κ3) is 3.28. The summed E-state index contributed by atoms with van der Waals surface area (Å²) < 4.78 is 23.4. The number of nitrogens with one attached hydrogen (secondary N) is 1. The lowest BCUT2D eigenvalue weighted by Gasteiger charge is -2.42. The van der Waals surface area contributed by atoms with E-state index in [2.05, 4.69) is 10.4 Å². The van der Waals surface area contributed by atoms with Crippen molar-refractivity contribution in [3.63, 3.8) is 0 Å². The first-order chi connectivity index (χ1) is 14.9. The first-order valence-electron chi connectivity index (χ1n) is 9.80. The maximum Gasteiger partial charge on any atom is 0.137 e. The molecule has 2 atom stereocenters. The summed E-state index contributed by atoms with van der Waals surface area (Å²) in [6, 6.07) is 12.0. The van der Waals surface area contributed by atoms with Gasteiger partial charge in [0.15, 0.2) is 0 Å². The molecule has 1 N–H and O–H groups in total. The fourth-order valence-electron chi connectivity index (χ4n) is 4.51. The molecule has 2 unspecified atom stereocenters. The first kappa shape index (κ1) is 20.3. The standard InChI is InChI=1S/C22H20Cl2FN5O/c1-29-18-6-4-14(25)10-17(18)27-21(29)22(12-31-2)11-19(30-20(28-22)7-8-26-30)13-3-5-15(23)16(24)9-13/h3-10,19,28H,11-12H2,1-2H3. The van der Waals surface area contributed by atoms with Crippen LogP contribution in [0.4, 0.5) is 10.2 Å². The van der Waals surface area contributed by atoms with Gasteiger partial charge in [0.05, 0.1) is 39.9 Å². The van der Waals surface area contributed by atoms with Crippen molar-refractivity contribution >= 4 is 40.1 Å². The van der Waals surface area contributed by atoms with E-state index in [0.29, 0.717) is 28.6 Å². The lowest BCUT2D eigenvalue weighted by atomic mass is 9.85. The molecule has 9 heteroatoms. The number of nitrogens with zero attached hydrogens (tertiary/aromatic N) is 4. The highest BCUT2D eigenvalue weighted by atomic mass is 35.5. The molecule has 0 aliphatic carbocycles. The minimum absolute atomic E-state index is 0.132. The average molecular weight is 460 g/mol. The fourth-order valence-corrected chi connectivity index (χ4v) is 4.81. The molecule has 2 aromatic heterocycles. The highest BCUT2D eigenvalue weighted by molar-refractivity contribution is 6.42. The number of fused-ring (bicyclic) bond motifs is 2. The van der Waals surface area contributed by atoms with Gasteiger partial charge >= 0.3 is 0 Å². The zero-order valence-electron chi connectivity index (χ0n) is 16.9. The van der Waals surface area contributed by atoms with Gasteiger partial charge in [0.25, 0.3) is 0 Å². The molecule has 1 aliphatic heterocycles. The summed E-state index contributed by atoms with van der Waals surface area (Å²) in [6.07, 6.45) is 2.34. The number of aryl methyl sites for hydroxylation is 1. The van der Waals surface area contributed by atoms with Gasteiger partial charge in [-0.2, -0.15) is 5.10 Å². The Balaban J connectivity index is 1.69. The first-order valence-corrected chi connectivity index (χ1v) is 10.6. The van der Waals surface area contributed by atoms with Gasteiger partial charge in [-0.05, 0) is 29.8 Å². The Morgan fingerprint density at radius 1 is 1.19 bits per heavy atom. The molecule has 1 aliphatic rings. The van der Waals surface area contributed by atoms with Crippen LogP contribution in [0.3, 0.4) is 0 Å². The molecule has 4 aromatic rings. The quantitative estimate of drug-likeness (QED) is 0.457. The predicted octanol–water partition coefficient (Wildman–Crippen LogP) is 5.16. The van der Waals surface area contributed by atoms with Crippen molar-refractivity contribution in [2.75, 3.05) is 19.0 Å². The highest BCUT2D eigenvalue weighted by Gasteiger charge is 2.44. The van der Waals surface area contributed by atoms with Crippen molar-refractivity contribution in [1.29, 1.82) is 0 Å². The third-order valence-corrected chi connectivity index (χ3v) is 6.60. The van der Waals surface area contributed by atoms with E-state index < -0.39 is 5.54 Å². The van der Waals surface area contributed by atoms with Crippen molar-refractivity contribution in [3.05, 3.63) is 75.9 Å². The van der Waals surface area contributed by atoms with Crippen molar-refractivity contribution in [1.82, 2.24) is 19.3 Å². The van der Waals surface area contributed by atoms with E-state index in [-0.39, 0.29) is 11.9 Å². The second-order valence-corrected chi connectivity index (χ2v) is 8.64. The van der Waals surface area contributed by atoms with Gasteiger partial charge in [0, 0.05) is 32.7 Å². The molecule has 0 amide bonds. The van der Waals surface area contributed by atoms with Crippen molar-refractivity contribution in [2.45, 2.75) is 18.0 Å². The van der Waals surface area contributed by atoms with Crippen LogP contribution in [0.1, 0.15) is 23.9 Å². The minimum Gasteiger partial charge on any atom is -0.382 e. The summed E-state index contributed by atoms with van der Waals surface area (Å²) in [5.74, 6) is 1.27. The van der Waals surface area contributed by atoms with E-state index in [4.69, 9.17) is 32.9 Å². The number of aromatic nitrogens is 4. The zero-order valence-corrected chi connectivity index (χ0v) is 18.5. The molecule has 5 rings (SSSR count). The summed E-state index contributed by atoms with van der Waals surface area (Å²) in [5.41, 5.74) is 1.75. The van der Waals surface area contributed by atoms with Gasteiger partial charge in [0.2, 0.25) is 0 Å². The number of hydrogen-bond acceptors (Lipinski definition) is 4. The topological polar surface area (TPSA) is 56.9 Å². The van der Waals surface area contributed by atoms with E-state index in [9.17, 15) is 4.39 Å². The molecular formula is C22H20Cl2FN5O. The van der Waals surface area contributed by atoms with Crippen LogP contribution in [0.15, 0.2) is 48.7 Å². The number of rotatable bonds is 4. The molecule has 160 valence electrons. The number of methoxy groups -OCH3 is 1. The van der Waals surface area contributed by atoms with Gasteiger partial charge in [-0.3, -0.25) is 0 Å². The number of halogens is 3. The van der Waals surface area contributed by atoms with Crippen molar-refractivity contribution in [2.24, 2.45) is 7.05 Å². The zero-order chi connectivity index (χ0) is 21.8. The second-order valence-electron chi connectivity index (χ2n) is 7.82. The Morgan fingerprint density at radius 2 is 2.03 bits per heavy atom. The summed E-state index contributed by atoms with van der Waals surface area (Å²) in [5, 5.41) is 9.10. The Morgan fingerprint density at radius 3 is 2.81 bits per heavy atom. The van der Waals surface area contributed by atoms with E-state index in [1.165, 1.54) is 12.1 Å².